The molecule has 5 heteroatoms. The first-order chi connectivity index (χ1) is 6.38. The molecule has 0 unspecified atom stereocenters. The molecule has 0 atom stereocenters. The molecule has 0 aliphatic heterocycles. The summed E-state index contributed by atoms with van der Waals surface area (Å²) < 4.78 is 34.2. The van der Waals surface area contributed by atoms with Crippen LogP contribution >= 0.6 is 0 Å². The van der Waals surface area contributed by atoms with E-state index < -0.39 is 16.1 Å². The Morgan fingerprint density at radius 1 is 1.36 bits per heavy atom. The van der Waals surface area contributed by atoms with E-state index in [9.17, 15) is 8.42 Å². The van der Waals surface area contributed by atoms with Gasteiger partial charge in [-0.05, 0) is 25.5 Å². The Morgan fingerprint density at radius 3 is 2.50 bits per heavy atom. The van der Waals surface area contributed by atoms with Gasteiger partial charge < -0.3 is 4.74 Å². The van der Waals surface area contributed by atoms with Crippen molar-refractivity contribution >= 4 is 10.1 Å². The zero-order chi connectivity index (χ0) is 10.8. The highest BCUT2D eigenvalue weighted by atomic mass is 32.2. The van der Waals surface area contributed by atoms with E-state index in [4.69, 9.17) is 9.29 Å². The third-order valence-electron chi connectivity index (χ3n) is 1.69. The third-order valence-corrected chi connectivity index (χ3v) is 2.11. The molecule has 1 aromatic rings. The molecule has 0 aromatic heterocycles. The fraction of sp³-hybridized carbons (Fsp3) is 0.333. The van der Waals surface area contributed by atoms with Gasteiger partial charge in [0.25, 0.3) is 0 Å². The van der Waals surface area contributed by atoms with E-state index in [0.29, 0.717) is 5.75 Å². The van der Waals surface area contributed by atoms with Crippen molar-refractivity contribution in [1.82, 2.24) is 0 Å². The van der Waals surface area contributed by atoms with Crippen molar-refractivity contribution in [3.05, 3.63) is 29.3 Å². The molecule has 0 heterocycles. The monoisotopic (exact) mass is 216 g/mol. The van der Waals surface area contributed by atoms with Crippen LogP contribution < -0.4 is 4.74 Å². The van der Waals surface area contributed by atoms with Gasteiger partial charge in [0.15, 0.2) is 0 Å². The first-order valence-electron chi connectivity index (χ1n) is 4.04. The molecule has 0 radical (unpaired) electrons. The van der Waals surface area contributed by atoms with Crippen LogP contribution in [0, 0.1) is 13.8 Å². The minimum atomic E-state index is -4.07. The Morgan fingerprint density at radius 2 is 2.00 bits per heavy atom. The second-order valence-corrected chi connectivity index (χ2v) is 4.51. The zero-order valence-electron chi connectivity index (χ0n) is 8.02. The molecule has 0 fully saturated rings. The maximum Gasteiger partial charge on any atom is 0.300 e. The zero-order valence-corrected chi connectivity index (χ0v) is 8.84. The van der Waals surface area contributed by atoms with E-state index in [1.165, 1.54) is 0 Å². The van der Waals surface area contributed by atoms with Gasteiger partial charge in [0.05, 0.1) is 0 Å². The largest absolute Gasteiger partial charge is 0.475 e. The minimum absolute atomic E-state index is 0.466. The minimum Gasteiger partial charge on any atom is -0.475 e. The molecule has 0 saturated carbocycles. The highest BCUT2D eigenvalue weighted by Gasteiger charge is 2.06. The molecular weight excluding hydrogens is 204 g/mol. The summed E-state index contributed by atoms with van der Waals surface area (Å²) in [5.41, 5.74) is 1.91. The standard InChI is InChI=1S/C9H12O4S/c1-7-3-4-9(8(2)5-7)13-6-14(10,11)12/h3-5H,6H2,1-2H3,(H,10,11,12). The fourth-order valence-corrected chi connectivity index (χ4v) is 1.38. The van der Waals surface area contributed by atoms with Gasteiger partial charge in [-0.15, -0.1) is 0 Å². The first kappa shape index (κ1) is 11.0. The van der Waals surface area contributed by atoms with E-state index in [1.54, 1.807) is 6.07 Å². The maximum atomic E-state index is 10.4. The predicted octanol–water partition coefficient (Wildman–Crippen LogP) is 1.53. The van der Waals surface area contributed by atoms with Crippen LogP contribution in [-0.4, -0.2) is 18.9 Å². The van der Waals surface area contributed by atoms with Crippen molar-refractivity contribution in [1.29, 1.82) is 0 Å². The second kappa shape index (κ2) is 3.98. The number of ether oxygens (including phenoxy) is 1. The Labute approximate surface area is 83.3 Å². The SMILES string of the molecule is Cc1ccc(OCS(=O)(=O)O)c(C)c1. The highest BCUT2D eigenvalue weighted by Crippen LogP contribution is 2.18. The summed E-state index contributed by atoms with van der Waals surface area (Å²) >= 11 is 0. The average molecular weight is 216 g/mol. The number of aryl methyl sites for hydroxylation is 2. The van der Waals surface area contributed by atoms with Crippen molar-refractivity contribution < 1.29 is 17.7 Å². The fourth-order valence-electron chi connectivity index (χ4n) is 1.10. The van der Waals surface area contributed by atoms with Gasteiger partial charge in [0, 0.05) is 0 Å². The third kappa shape index (κ3) is 3.35. The van der Waals surface area contributed by atoms with Gasteiger partial charge in [-0.25, -0.2) is 0 Å². The summed E-state index contributed by atoms with van der Waals surface area (Å²) in [5, 5.41) is 0. The summed E-state index contributed by atoms with van der Waals surface area (Å²) in [7, 11) is -4.07. The molecule has 0 aliphatic rings. The molecule has 1 aromatic carbocycles. The van der Waals surface area contributed by atoms with E-state index >= 15 is 0 Å². The van der Waals surface area contributed by atoms with E-state index in [2.05, 4.69) is 0 Å². The number of rotatable bonds is 3. The number of benzene rings is 1. The van der Waals surface area contributed by atoms with Crippen LogP contribution in [0.25, 0.3) is 0 Å². The normalized spacial score (nSPS) is 11.4. The van der Waals surface area contributed by atoms with Crippen LogP contribution in [0.4, 0.5) is 0 Å². The van der Waals surface area contributed by atoms with Crippen LogP contribution in [0.1, 0.15) is 11.1 Å². The number of hydrogen-bond donors (Lipinski definition) is 1. The van der Waals surface area contributed by atoms with Gasteiger partial charge in [-0.1, -0.05) is 17.7 Å². The first-order valence-corrected chi connectivity index (χ1v) is 5.64. The summed E-state index contributed by atoms with van der Waals surface area (Å²) in [6.07, 6.45) is 0. The van der Waals surface area contributed by atoms with Gasteiger partial charge in [-0.3, -0.25) is 4.55 Å². The van der Waals surface area contributed by atoms with Crippen LogP contribution in [0.3, 0.4) is 0 Å². The second-order valence-electron chi connectivity index (χ2n) is 3.11. The lowest BCUT2D eigenvalue weighted by atomic mass is 10.1. The lowest BCUT2D eigenvalue weighted by Crippen LogP contribution is -2.10. The van der Waals surface area contributed by atoms with Crippen molar-refractivity contribution in [3.8, 4) is 5.75 Å². The quantitative estimate of drug-likeness (QED) is 0.778. The Bertz CT molecular complexity index is 422. The van der Waals surface area contributed by atoms with Gasteiger partial charge in [-0.2, -0.15) is 8.42 Å². The molecular formula is C9H12O4S. The van der Waals surface area contributed by atoms with Crippen molar-refractivity contribution in [2.24, 2.45) is 0 Å². The summed E-state index contributed by atoms with van der Waals surface area (Å²) in [6, 6.07) is 5.36. The lowest BCUT2D eigenvalue weighted by Gasteiger charge is -2.07. The molecule has 1 rings (SSSR count). The van der Waals surface area contributed by atoms with E-state index in [-0.39, 0.29) is 0 Å². The lowest BCUT2D eigenvalue weighted by molar-refractivity contribution is 0.351. The van der Waals surface area contributed by atoms with E-state index in [1.807, 2.05) is 26.0 Å². The van der Waals surface area contributed by atoms with Gasteiger partial charge in [0.2, 0.25) is 5.94 Å². The smallest absolute Gasteiger partial charge is 0.300 e. The molecule has 1 N–H and O–H groups in total. The van der Waals surface area contributed by atoms with Crippen molar-refractivity contribution in [3.63, 3.8) is 0 Å². The number of hydrogen-bond acceptors (Lipinski definition) is 3. The molecule has 0 bridgehead atoms. The van der Waals surface area contributed by atoms with Crippen molar-refractivity contribution in [2.45, 2.75) is 13.8 Å². The van der Waals surface area contributed by atoms with Crippen LogP contribution in [-0.2, 0) is 10.1 Å². The van der Waals surface area contributed by atoms with Gasteiger partial charge >= 0.3 is 10.1 Å². The average Bonchev–Trinajstić information content (AvgIpc) is 2.00. The van der Waals surface area contributed by atoms with Crippen LogP contribution in [0.15, 0.2) is 18.2 Å². The van der Waals surface area contributed by atoms with E-state index in [0.717, 1.165) is 11.1 Å². The Balaban J connectivity index is 2.78. The molecule has 4 nitrogen and oxygen atoms in total. The predicted molar refractivity (Wildman–Crippen MR) is 53.0 cm³/mol. The molecule has 0 amide bonds. The van der Waals surface area contributed by atoms with Gasteiger partial charge in [0.1, 0.15) is 5.75 Å². The molecule has 78 valence electrons. The molecule has 14 heavy (non-hydrogen) atoms. The Kier molecular flexibility index (Phi) is 3.13. The highest BCUT2D eigenvalue weighted by molar-refractivity contribution is 7.85. The Hall–Kier alpha value is -1.07. The van der Waals surface area contributed by atoms with Crippen LogP contribution in [0.2, 0.25) is 0 Å². The topological polar surface area (TPSA) is 63.6 Å². The molecule has 0 spiro atoms. The summed E-state index contributed by atoms with van der Waals surface area (Å²) in [6.45, 7) is 3.74. The summed E-state index contributed by atoms with van der Waals surface area (Å²) in [5.74, 6) is -0.245. The maximum absolute atomic E-state index is 10.4. The molecule has 0 saturated heterocycles. The summed E-state index contributed by atoms with van der Waals surface area (Å²) in [4.78, 5) is 0. The van der Waals surface area contributed by atoms with Crippen molar-refractivity contribution in [2.75, 3.05) is 5.94 Å². The molecule has 0 aliphatic carbocycles. The van der Waals surface area contributed by atoms with Crippen LogP contribution in [0.5, 0.6) is 5.75 Å².